The molecule has 2 unspecified atom stereocenters. The van der Waals surface area contributed by atoms with Crippen molar-refractivity contribution in [1.29, 1.82) is 0 Å². The third-order valence-corrected chi connectivity index (χ3v) is 4.74. The summed E-state index contributed by atoms with van der Waals surface area (Å²) < 4.78 is 0. The fourth-order valence-corrected chi connectivity index (χ4v) is 3.13. The number of nitrogens with zero attached hydrogens (tertiary/aromatic N) is 1. The van der Waals surface area contributed by atoms with Crippen LogP contribution in [0.5, 0.6) is 0 Å². The predicted octanol–water partition coefficient (Wildman–Crippen LogP) is 4.48. The quantitative estimate of drug-likeness (QED) is 0.632. The summed E-state index contributed by atoms with van der Waals surface area (Å²) in [5, 5.41) is 4.08. The molecule has 1 aromatic carbocycles. The fraction of sp³-hybridized carbons (Fsp3) is 0.579. The van der Waals surface area contributed by atoms with Crippen LogP contribution in [-0.2, 0) is 4.79 Å². The van der Waals surface area contributed by atoms with Gasteiger partial charge in [-0.3, -0.25) is 4.79 Å². The molecule has 2 atom stereocenters. The van der Waals surface area contributed by atoms with Gasteiger partial charge >= 0.3 is 0 Å². The lowest BCUT2D eigenvalue weighted by atomic mass is 9.78. The molecule has 1 N–H and O–H groups in total. The van der Waals surface area contributed by atoms with Crippen molar-refractivity contribution in [2.45, 2.75) is 58.8 Å². The first-order valence-corrected chi connectivity index (χ1v) is 8.48. The van der Waals surface area contributed by atoms with E-state index in [1.165, 1.54) is 31.2 Å². The van der Waals surface area contributed by atoms with Crippen molar-refractivity contribution in [2.24, 2.45) is 16.9 Å². The Hall–Kier alpha value is -1.64. The molecule has 22 heavy (non-hydrogen) atoms. The summed E-state index contributed by atoms with van der Waals surface area (Å²) in [6.07, 6.45) is 7.31. The second-order valence-corrected chi connectivity index (χ2v) is 6.84. The van der Waals surface area contributed by atoms with Crippen LogP contribution >= 0.6 is 0 Å². The molecule has 1 saturated carbocycles. The van der Waals surface area contributed by atoms with Crippen LogP contribution in [0.3, 0.4) is 0 Å². The summed E-state index contributed by atoms with van der Waals surface area (Å²) >= 11 is 0. The van der Waals surface area contributed by atoms with E-state index in [1.54, 1.807) is 6.21 Å². The van der Waals surface area contributed by atoms with Crippen LogP contribution in [0.1, 0.15) is 69.9 Å². The van der Waals surface area contributed by atoms with Gasteiger partial charge in [0.2, 0.25) is 5.91 Å². The third kappa shape index (κ3) is 4.97. The van der Waals surface area contributed by atoms with Gasteiger partial charge in [-0.1, -0.05) is 64.3 Å². The minimum Gasteiger partial charge on any atom is -0.273 e. The second-order valence-electron chi connectivity index (χ2n) is 6.84. The molecule has 0 radical (unpaired) electrons. The molecule has 0 aliphatic heterocycles. The Morgan fingerprint density at radius 2 is 1.95 bits per heavy atom. The molecule has 0 bridgehead atoms. The van der Waals surface area contributed by atoms with E-state index in [0.29, 0.717) is 24.2 Å². The highest BCUT2D eigenvalue weighted by Crippen LogP contribution is 2.31. The summed E-state index contributed by atoms with van der Waals surface area (Å²) in [5.74, 6) is 1.75. The van der Waals surface area contributed by atoms with Crippen LogP contribution in [0.15, 0.2) is 29.4 Å². The Bertz CT molecular complexity index is 505. The summed E-state index contributed by atoms with van der Waals surface area (Å²) in [4.78, 5) is 12.0. The highest BCUT2D eigenvalue weighted by atomic mass is 16.2. The maximum atomic E-state index is 12.0. The van der Waals surface area contributed by atoms with Crippen molar-refractivity contribution in [2.75, 3.05) is 0 Å². The van der Waals surface area contributed by atoms with Gasteiger partial charge in [-0.25, -0.2) is 5.43 Å². The van der Waals surface area contributed by atoms with Gasteiger partial charge in [-0.15, -0.1) is 0 Å². The van der Waals surface area contributed by atoms with Gasteiger partial charge in [0, 0.05) is 6.42 Å². The van der Waals surface area contributed by atoms with E-state index in [-0.39, 0.29) is 5.91 Å². The minimum absolute atomic E-state index is 0.0359. The zero-order valence-electron chi connectivity index (χ0n) is 14.0. The Morgan fingerprint density at radius 3 is 2.59 bits per heavy atom. The van der Waals surface area contributed by atoms with Crippen LogP contribution in [0.25, 0.3) is 0 Å². The molecular weight excluding hydrogens is 272 g/mol. The summed E-state index contributed by atoms with van der Waals surface area (Å²) in [5.41, 5.74) is 4.99. The largest absolute Gasteiger partial charge is 0.273 e. The first-order chi connectivity index (χ1) is 10.6. The number of hydrazone groups is 1. The molecule has 1 fully saturated rings. The molecule has 3 nitrogen and oxygen atoms in total. The van der Waals surface area contributed by atoms with Crippen molar-refractivity contribution in [3.8, 4) is 0 Å². The van der Waals surface area contributed by atoms with Gasteiger partial charge in [-0.2, -0.15) is 5.10 Å². The molecule has 1 aliphatic carbocycles. The maximum absolute atomic E-state index is 12.0. The first-order valence-electron chi connectivity index (χ1n) is 8.48. The van der Waals surface area contributed by atoms with Gasteiger partial charge in [0.25, 0.3) is 0 Å². The van der Waals surface area contributed by atoms with Crippen LogP contribution in [0.2, 0.25) is 0 Å². The highest BCUT2D eigenvalue weighted by Gasteiger charge is 2.23. The lowest BCUT2D eigenvalue weighted by Gasteiger charge is -2.27. The molecule has 1 amide bonds. The number of hydrogen-bond acceptors (Lipinski definition) is 2. The molecule has 120 valence electrons. The number of benzene rings is 1. The normalized spacial score (nSPS) is 22.2. The molecular formula is C19H28N2O. The lowest BCUT2D eigenvalue weighted by molar-refractivity contribution is -0.122. The van der Waals surface area contributed by atoms with Crippen molar-refractivity contribution in [3.63, 3.8) is 0 Å². The van der Waals surface area contributed by atoms with E-state index in [0.717, 1.165) is 5.56 Å². The number of carbonyl (C=O) groups is 1. The van der Waals surface area contributed by atoms with Gasteiger partial charge in [0.15, 0.2) is 0 Å². The Kier molecular flexibility index (Phi) is 6.17. The lowest BCUT2D eigenvalue weighted by Crippen LogP contribution is -2.26. The summed E-state index contributed by atoms with van der Waals surface area (Å²) in [7, 11) is 0. The Labute approximate surface area is 134 Å². The summed E-state index contributed by atoms with van der Waals surface area (Å²) in [6, 6.07) is 8.29. The molecule has 2 rings (SSSR count). The van der Waals surface area contributed by atoms with E-state index < -0.39 is 0 Å². The monoisotopic (exact) mass is 300 g/mol. The van der Waals surface area contributed by atoms with Crippen LogP contribution in [0.4, 0.5) is 0 Å². The number of amides is 1. The average molecular weight is 300 g/mol. The van der Waals surface area contributed by atoms with Gasteiger partial charge in [0.1, 0.15) is 0 Å². The van der Waals surface area contributed by atoms with Gasteiger partial charge in [-0.05, 0) is 35.3 Å². The van der Waals surface area contributed by atoms with Gasteiger partial charge < -0.3 is 0 Å². The molecule has 1 aromatic rings. The first kappa shape index (κ1) is 16.7. The van der Waals surface area contributed by atoms with Crippen LogP contribution in [0, 0.1) is 11.8 Å². The van der Waals surface area contributed by atoms with Crippen molar-refractivity contribution in [1.82, 2.24) is 5.43 Å². The smallest absolute Gasteiger partial charge is 0.240 e. The summed E-state index contributed by atoms with van der Waals surface area (Å²) in [6.45, 7) is 6.61. The topological polar surface area (TPSA) is 41.5 Å². The van der Waals surface area contributed by atoms with Gasteiger partial charge in [0.05, 0.1) is 6.21 Å². The zero-order valence-corrected chi connectivity index (χ0v) is 14.0. The third-order valence-electron chi connectivity index (χ3n) is 4.74. The zero-order chi connectivity index (χ0) is 15.9. The van der Waals surface area contributed by atoms with Crippen molar-refractivity contribution < 1.29 is 4.79 Å². The van der Waals surface area contributed by atoms with Crippen LogP contribution < -0.4 is 5.43 Å². The van der Waals surface area contributed by atoms with Crippen molar-refractivity contribution in [3.05, 3.63) is 35.4 Å². The highest BCUT2D eigenvalue weighted by molar-refractivity contribution is 5.82. The van der Waals surface area contributed by atoms with Crippen molar-refractivity contribution >= 4 is 12.1 Å². The van der Waals surface area contributed by atoms with E-state index in [2.05, 4.69) is 43.4 Å². The molecule has 0 spiro atoms. The van der Waals surface area contributed by atoms with E-state index in [9.17, 15) is 4.79 Å². The number of carbonyl (C=O) groups excluding carboxylic acids is 1. The van der Waals surface area contributed by atoms with E-state index >= 15 is 0 Å². The minimum atomic E-state index is 0.0359. The molecule has 3 heteroatoms. The molecule has 0 heterocycles. The number of rotatable bonds is 5. The fourth-order valence-electron chi connectivity index (χ4n) is 3.13. The van der Waals surface area contributed by atoms with E-state index in [1.807, 2.05) is 12.1 Å². The Balaban J connectivity index is 1.80. The second kappa shape index (κ2) is 8.11. The SMILES string of the molecule is CC(C)c1ccc(/C=N/NC(=O)CC2CCCCC2C)cc1. The number of nitrogens with one attached hydrogen (secondary N) is 1. The van der Waals surface area contributed by atoms with E-state index in [4.69, 9.17) is 0 Å². The molecule has 1 aliphatic rings. The molecule has 0 aromatic heterocycles. The predicted molar refractivity (Wildman–Crippen MR) is 92.0 cm³/mol. The Morgan fingerprint density at radius 1 is 1.27 bits per heavy atom. The van der Waals surface area contributed by atoms with Crippen LogP contribution in [-0.4, -0.2) is 12.1 Å². The average Bonchev–Trinajstić information content (AvgIpc) is 2.50. The molecule has 0 saturated heterocycles. The maximum Gasteiger partial charge on any atom is 0.240 e. The number of hydrogen-bond donors (Lipinski definition) is 1. The standard InChI is InChI=1S/C19H28N2O/c1-14(2)17-10-8-16(9-11-17)13-20-21-19(22)12-18-7-5-4-6-15(18)3/h8-11,13-15,18H,4-7,12H2,1-3H3,(H,21,22)/b20-13+.